The van der Waals surface area contributed by atoms with Gasteiger partial charge in [-0.3, -0.25) is 24.2 Å². The number of fused-ring (bicyclic) bond motifs is 1. The second-order valence-electron chi connectivity index (χ2n) is 9.99. The number of carbonyl (C=O) groups excluding carboxylic acids is 3. The molecule has 2 N–H and O–H groups in total. The van der Waals surface area contributed by atoms with Crippen LogP contribution in [0.3, 0.4) is 0 Å². The molecule has 1 spiro atoms. The van der Waals surface area contributed by atoms with Gasteiger partial charge in [-0.15, -0.1) is 0 Å². The van der Waals surface area contributed by atoms with Crippen LogP contribution in [0.5, 0.6) is 5.75 Å². The number of nitrogens with one attached hydrogen (secondary N) is 1. The molecule has 1 saturated carbocycles. The predicted molar refractivity (Wildman–Crippen MR) is 116 cm³/mol. The zero-order chi connectivity index (χ0) is 22.7. The van der Waals surface area contributed by atoms with Crippen LogP contribution < -0.4 is 10.1 Å². The second-order valence-corrected chi connectivity index (χ2v) is 9.99. The van der Waals surface area contributed by atoms with Crippen molar-refractivity contribution in [3.63, 3.8) is 0 Å². The molecule has 3 amide bonds. The minimum Gasteiger partial charge on any atom is -0.492 e. The lowest BCUT2D eigenvalue weighted by molar-refractivity contribution is -0.137. The molecule has 3 heterocycles. The predicted octanol–water partition coefficient (Wildman–Crippen LogP) is 1.69. The molecule has 2 unspecified atom stereocenters. The zero-order valence-corrected chi connectivity index (χ0v) is 18.4. The number of ether oxygens (including phenoxy) is 1. The van der Waals surface area contributed by atoms with Crippen molar-refractivity contribution in [3.8, 4) is 5.75 Å². The highest BCUT2D eigenvalue weighted by atomic mass is 16.5. The van der Waals surface area contributed by atoms with Gasteiger partial charge in [-0.05, 0) is 62.6 Å². The minimum atomic E-state index is -1.32. The third kappa shape index (κ3) is 3.61. The Kier molecular flexibility index (Phi) is 4.90. The molecule has 5 rings (SSSR count). The van der Waals surface area contributed by atoms with Crippen molar-refractivity contribution < 1.29 is 24.2 Å². The smallest absolute Gasteiger partial charge is 0.262 e. The van der Waals surface area contributed by atoms with Gasteiger partial charge in [0.15, 0.2) is 0 Å². The van der Waals surface area contributed by atoms with Crippen LogP contribution >= 0.6 is 0 Å². The Balaban J connectivity index is 1.19. The number of allylic oxidation sites excluding steroid dienone is 1. The van der Waals surface area contributed by atoms with Gasteiger partial charge in [0.25, 0.3) is 11.8 Å². The highest BCUT2D eigenvalue weighted by molar-refractivity contribution is 6.23. The summed E-state index contributed by atoms with van der Waals surface area (Å²) in [5, 5.41) is 12.5. The molecule has 8 heteroatoms. The van der Waals surface area contributed by atoms with Crippen LogP contribution in [-0.4, -0.2) is 70.6 Å². The van der Waals surface area contributed by atoms with Gasteiger partial charge >= 0.3 is 0 Å². The van der Waals surface area contributed by atoms with E-state index < -0.39 is 29.5 Å². The molecule has 8 nitrogen and oxygen atoms in total. The van der Waals surface area contributed by atoms with Gasteiger partial charge in [0, 0.05) is 19.6 Å². The summed E-state index contributed by atoms with van der Waals surface area (Å²) in [7, 11) is 0. The molecule has 32 heavy (non-hydrogen) atoms. The number of benzene rings is 1. The molecule has 1 aromatic carbocycles. The molecule has 1 aliphatic carbocycles. The fourth-order valence-corrected chi connectivity index (χ4v) is 5.59. The van der Waals surface area contributed by atoms with Crippen LogP contribution in [0.1, 0.15) is 59.7 Å². The van der Waals surface area contributed by atoms with Gasteiger partial charge < -0.3 is 15.2 Å². The Bertz CT molecular complexity index is 1010. The molecule has 1 aromatic rings. The van der Waals surface area contributed by atoms with Crippen LogP contribution in [0, 0.1) is 5.41 Å². The first kappa shape index (κ1) is 21.2. The van der Waals surface area contributed by atoms with Gasteiger partial charge in [0.2, 0.25) is 5.91 Å². The molecule has 2 atom stereocenters. The van der Waals surface area contributed by atoms with E-state index in [1.165, 1.54) is 18.9 Å². The molecular weight excluding hydrogens is 410 g/mol. The molecule has 3 fully saturated rings. The number of imide groups is 1. The topological polar surface area (TPSA) is 99.2 Å². The lowest BCUT2D eigenvalue weighted by atomic mass is 9.78. The Morgan fingerprint density at radius 2 is 1.94 bits per heavy atom. The summed E-state index contributed by atoms with van der Waals surface area (Å²) in [4.78, 5) is 41.6. The van der Waals surface area contributed by atoms with Crippen molar-refractivity contribution in [2.24, 2.45) is 5.41 Å². The maximum Gasteiger partial charge on any atom is 0.262 e. The Morgan fingerprint density at radius 3 is 2.62 bits per heavy atom. The molecule has 2 saturated heterocycles. The average Bonchev–Trinajstić information content (AvgIpc) is 3.20. The van der Waals surface area contributed by atoms with E-state index in [1.54, 1.807) is 18.2 Å². The number of amides is 3. The van der Waals surface area contributed by atoms with E-state index in [-0.39, 0.29) is 24.0 Å². The third-order valence-corrected chi connectivity index (χ3v) is 7.23. The van der Waals surface area contributed by atoms with Crippen molar-refractivity contribution in [1.82, 2.24) is 15.1 Å². The van der Waals surface area contributed by atoms with Crippen molar-refractivity contribution in [3.05, 3.63) is 41.5 Å². The number of hydrogen-bond donors (Lipinski definition) is 2. The highest BCUT2D eigenvalue weighted by Gasteiger charge is 2.47. The normalized spacial score (nSPS) is 29.3. The van der Waals surface area contributed by atoms with Gasteiger partial charge in [-0.2, -0.15) is 0 Å². The van der Waals surface area contributed by atoms with Crippen LogP contribution in [-0.2, 0) is 4.79 Å². The van der Waals surface area contributed by atoms with Crippen LogP contribution in [0.2, 0.25) is 0 Å². The van der Waals surface area contributed by atoms with E-state index >= 15 is 0 Å². The Hall–Kier alpha value is -2.71. The molecule has 4 aliphatic rings. The van der Waals surface area contributed by atoms with Crippen molar-refractivity contribution in [2.75, 3.05) is 26.2 Å². The second kappa shape index (κ2) is 7.42. The first-order valence-electron chi connectivity index (χ1n) is 11.2. The van der Waals surface area contributed by atoms with Gasteiger partial charge in [0.05, 0.1) is 11.1 Å². The summed E-state index contributed by atoms with van der Waals surface area (Å²) in [6, 6.07) is 3.95. The van der Waals surface area contributed by atoms with Crippen LogP contribution in [0.25, 0.3) is 0 Å². The third-order valence-electron chi connectivity index (χ3n) is 7.23. The van der Waals surface area contributed by atoms with Crippen LogP contribution in [0.4, 0.5) is 0 Å². The van der Waals surface area contributed by atoms with Gasteiger partial charge in [-0.1, -0.05) is 12.2 Å². The first-order chi connectivity index (χ1) is 15.2. The highest BCUT2D eigenvalue weighted by Crippen LogP contribution is 2.47. The summed E-state index contributed by atoms with van der Waals surface area (Å²) >= 11 is 0. The maximum absolute atomic E-state index is 13.0. The SMILES string of the molecule is C=C1CCC2(C1)CN(CCOc1ccc3c(c1)C(=O)N(C1CCC(C)(O)NC1=O)C3=O)C2. The first-order valence-corrected chi connectivity index (χ1v) is 11.2. The zero-order valence-electron chi connectivity index (χ0n) is 18.4. The largest absolute Gasteiger partial charge is 0.492 e. The fourth-order valence-electron chi connectivity index (χ4n) is 5.59. The molecule has 0 bridgehead atoms. The summed E-state index contributed by atoms with van der Waals surface area (Å²) in [6.07, 6.45) is 4.00. The molecule has 3 aliphatic heterocycles. The number of nitrogens with zero attached hydrogens (tertiary/aromatic N) is 2. The molecule has 170 valence electrons. The number of likely N-dealkylation sites (tertiary alicyclic amines) is 1. The lowest BCUT2D eigenvalue weighted by Gasteiger charge is -2.48. The number of hydrogen-bond acceptors (Lipinski definition) is 6. The lowest BCUT2D eigenvalue weighted by Crippen LogP contribution is -2.60. The minimum absolute atomic E-state index is 0.221. The molecular formula is C24H29N3O5. The number of aliphatic hydroxyl groups is 1. The van der Waals surface area contributed by atoms with Crippen LogP contribution in [0.15, 0.2) is 30.4 Å². The van der Waals surface area contributed by atoms with Gasteiger partial charge in [-0.25, -0.2) is 0 Å². The van der Waals surface area contributed by atoms with E-state index in [2.05, 4.69) is 16.8 Å². The molecule has 0 radical (unpaired) electrons. The maximum atomic E-state index is 13.0. The standard InChI is InChI=1S/C24H29N3O5/c1-15-5-8-24(12-15)13-26(14-24)9-10-32-16-3-4-17-18(11-16)22(30)27(21(17)29)19-6-7-23(2,31)25-20(19)28/h3-4,11,19,31H,1,5-10,12-14H2,2H3,(H,25,28). The van der Waals surface area contributed by atoms with Crippen molar-refractivity contribution in [2.45, 2.75) is 50.8 Å². The number of carbonyl (C=O) groups is 3. The monoisotopic (exact) mass is 439 g/mol. The Labute approximate surface area is 187 Å². The van der Waals surface area contributed by atoms with E-state index in [4.69, 9.17) is 4.74 Å². The quantitative estimate of drug-likeness (QED) is 0.535. The van der Waals surface area contributed by atoms with E-state index in [0.717, 1.165) is 37.4 Å². The Morgan fingerprint density at radius 1 is 1.19 bits per heavy atom. The summed E-state index contributed by atoms with van der Waals surface area (Å²) in [6.45, 7) is 9.09. The summed E-state index contributed by atoms with van der Waals surface area (Å²) in [5.74, 6) is -0.969. The summed E-state index contributed by atoms with van der Waals surface area (Å²) < 4.78 is 5.87. The summed E-state index contributed by atoms with van der Waals surface area (Å²) in [5.41, 5.74) is 1.00. The fraction of sp³-hybridized carbons (Fsp3) is 0.542. The van der Waals surface area contributed by atoms with E-state index in [0.29, 0.717) is 17.8 Å². The van der Waals surface area contributed by atoms with Crippen molar-refractivity contribution in [1.29, 1.82) is 0 Å². The number of rotatable bonds is 5. The molecule has 0 aromatic heterocycles. The van der Waals surface area contributed by atoms with E-state index in [9.17, 15) is 19.5 Å². The average molecular weight is 440 g/mol. The van der Waals surface area contributed by atoms with Crippen molar-refractivity contribution >= 4 is 17.7 Å². The number of piperidine rings is 1. The van der Waals surface area contributed by atoms with E-state index in [1.807, 2.05) is 0 Å². The van der Waals surface area contributed by atoms with Gasteiger partial charge in [0.1, 0.15) is 24.1 Å².